The number of unbranched alkanes of at least 4 members (excludes halogenated alkanes) is 24. The van der Waals surface area contributed by atoms with Gasteiger partial charge in [-0.3, -0.25) is 14.4 Å². The third-order valence-corrected chi connectivity index (χ3v) is 9.65. The van der Waals surface area contributed by atoms with Crippen molar-refractivity contribution in [2.45, 2.75) is 213 Å². The Bertz CT molecular complexity index is 1080. The van der Waals surface area contributed by atoms with E-state index in [2.05, 4.69) is 13.8 Å². The molecule has 11 heteroatoms. The summed E-state index contributed by atoms with van der Waals surface area (Å²) in [5.74, 6) is -3.41. The summed E-state index contributed by atoms with van der Waals surface area (Å²) in [6, 6.07) is 2.28. The summed E-state index contributed by atoms with van der Waals surface area (Å²) in [6.07, 6.45) is 30.1. The van der Waals surface area contributed by atoms with E-state index >= 15 is 0 Å². The van der Waals surface area contributed by atoms with E-state index in [9.17, 15) is 29.4 Å². The summed E-state index contributed by atoms with van der Waals surface area (Å²) in [7, 11) is 0. The monoisotopic (exact) mass is 766 g/mol. The maximum atomic E-state index is 12.7. The molecule has 0 amide bonds. The number of carbonyl (C=O) groups is 4. The van der Waals surface area contributed by atoms with Crippen molar-refractivity contribution in [3.8, 4) is 11.8 Å². The molecular weight excluding hydrogens is 690 g/mol. The number of carbonyl (C=O) groups excluding carboxylic acids is 4. The number of aromatic hydroxyl groups is 2. The Morgan fingerprint density at radius 2 is 0.778 bits per heavy atom. The van der Waals surface area contributed by atoms with Crippen molar-refractivity contribution < 1.29 is 48.4 Å². The lowest BCUT2D eigenvalue weighted by atomic mass is 10.0. The number of aromatic nitrogens is 1. The molecule has 0 aliphatic rings. The van der Waals surface area contributed by atoms with Crippen LogP contribution >= 0.6 is 0 Å². The van der Waals surface area contributed by atoms with Crippen LogP contribution in [0, 0.1) is 0 Å². The zero-order valence-electron chi connectivity index (χ0n) is 34.0. The number of ether oxygens (including phenoxy) is 3. The van der Waals surface area contributed by atoms with Crippen LogP contribution in [0.25, 0.3) is 0 Å². The van der Waals surface area contributed by atoms with E-state index in [-0.39, 0.29) is 44.9 Å². The SMILES string of the molecule is CCCCCCCCCCCCCCCC(=O)OCC(COC(=O)CCC(=O)On1c(O)ccc1O)OC(=O)CCCCCCCCCCCCCCC. The van der Waals surface area contributed by atoms with Crippen LogP contribution in [0.3, 0.4) is 0 Å². The summed E-state index contributed by atoms with van der Waals surface area (Å²) >= 11 is 0. The fraction of sp³-hybridized carbons (Fsp3) is 0.814. The van der Waals surface area contributed by atoms with Gasteiger partial charge in [0.05, 0.1) is 12.8 Å². The summed E-state index contributed by atoms with van der Waals surface area (Å²) in [4.78, 5) is 54.5. The van der Waals surface area contributed by atoms with E-state index in [1.807, 2.05) is 0 Å². The van der Waals surface area contributed by atoms with E-state index in [0.29, 0.717) is 11.2 Å². The number of rotatable bonds is 37. The molecule has 0 aliphatic carbocycles. The molecule has 1 rings (SSSR count). The van der Waals surface area contributed by atoms with Gasteiger partial charge in [-0.2, -0.15) is 0 Å². The lowest BCUT2D eigenvalue weighted by molar-refractivity contribution is -0.167. The molecule has 1 aromatic heterocycles. The minimum absolute atomic E-state index is 0.222. The zero-order chi connectivity index (χ0) is 39.5. The topological polar surface area (TPSA) is 151 Å². The van der Waals surface area contributed by atoms with Crippen LogP contribution in [0.2, 0.25) is 0 Å². The second-order valence-corrected chi connectivity index (χ2v) is 14.8. The molecule has 312 valence electrons. The first kappa shape index (κ1) is 48.8. The van der Waals surface area contributed by atoms with Crippen molar-refractivity contribution in [2.75, 3.05) is 13.2 Å². The highest BCUT2D eigenvalue weighted by atomic mass is 16.7. The molecule has 0 fully saturated rings. The maximum absolute atomic E-state index is 12.7. The quantitative estimate of drug-likeness (QED) is 0.0380. The Morgan fingerprint density at radius 1 is 0.463 bits per heavy atom. The Morgan fingerprint density at radius 3 is 1.17 bits per heavy atom. The fourth-order valence-corrected chi connectivity index (χ4v) is 6.30. The van der Waals surface area contributed by atoms with Gasteiger partial charge in [0.1, 0.15) is 13.2 Å². The van der Waals surface area contributed by atoms with Crippen molar-refractivity contribution in [3.63, 3.8) is 0 Å². The standard InChI is InChI=1S/C43H75NO10/c1-3-5-7-9-11-13-15-17-19-21-23-25-27-29-40(47)51-35-37(36-52-41(48)33-34-43(50)54-44-38(45)31-32-39(44)46)53-42(49)30-28-26-24-22-20-18-16-14-12-10-8-6-4-2/h31-32,37,45-46H,3-30,33-36H2,1-2H3. The first-order valence-electron chi connectivity index (χ1n) is 21.6. The molecule has 11 nitrogen and oxygen atoms in total. The van der Waals surface area contributed by atoms with Crippen molar-refractivity contribution in [3.05, 3.63) is 12.1 Å². The molecule has 54 heavy (non-hydrogen) atoms. The van der Waals surface area contributed by atoms with Crippen LogP contribution in [-0.2, 0) is 33.4 Å². The smallest absolute Gasteiger partial charge is 0.333 e. The van der Waals surface area contributed by atoms with Crippen LogP contribution in [0.5, 0.6) is 11.8 Å². The van der Waals surface area contributed by atoms with Crippen LogP contribution in [0.15, 0.2) is 12.1 Å². The average Bonchev–Trinajstić information content (AvgIpc) is 3.47. The van der Waals surface area contributed by atoms with Gasteiger partial charge < -0.3 is 29.3 Å². The van der Waals surface area contributed by atoms with Gasteiger partial charge >= 0.3 is 23.9 Å². The van der Waals surface area contributed by atoms with Crippen LogP contribution in [-0.4, -0.2) is 58.1 Å². The molecule has 1 aromatic rings. The van der Waals surface area contributed by atoms with Crippen LogP contribution in [0.4, 0.5) is 0 Å². The van der Waals surface area contributed by atoms with Crippen molar-refractivity contribution in [2.24, 2.45) is 0 Å². The van der Waals surface area contributed by atoms with Gasteiger partial charge in [0.25, 0.3) is 0 Å². The maximum Gasteiger partial charge on any atom is 0.333 e. The Kier molecular flexibility index (Phi) is 31.0. The normalized spacial score (nSPS) is 11.7. The van der Waals surface area contributed by atoms with Crippen LogP contribution in [0.1, 0.15) is 206 Å². The van der Waals surface area contributed by atoms with E-state index in [1.165, 1.54) is 122 Å². The molecule has 0 aromatic carbocycles. The van der Waals surface area contributed by atoms with Crippen molar-refractivity contribution in [1.29, 1.82) is 0 Å². The van der Waals surface area contributed by atoms with Crippen molar-refractivity contribution >= 4 is 23.9 Å². The minimum Gasteiger partial charge on any atom is -0.492 e. The molecule has 1 unspecified atom stereocenters. The highest BCUT2D eigenvalue weighted by Crippen LogP contribution is 2.19. The molecule has 1 atom stereocenters. The second kappa shape index (κ2) is 34.3. The zero-order valence-corrected chi connectivity index (χ0v) is 34.0. The highest BCUT2D eigenvalue weighted by molar-refractivity contribution is 5.78. The predicted molar refractivity (Wildman–Crippen MR) is 211 cm³/mol. The Balaban J connectivity index is 2.35. The minimum atomic E-state index is -0.972. The summed E-state index contributed by atoms with van der Waals surface area (Å²) in [6.45, 7) is 3.92. The molecular formula is C43H75NO10. The molecule has 0 spiro atoms. The van der Waals surface area contributed by atoms with Gasteiger partial charge in [-0.1, -0.05) is 168 Å². The molecule has 1 heterocycles. The third-order valence-electron chi connectivity index (χ3n) is 9.65. The number of esters is 3. The molecule has 0 bridgehead atoms. The molecule has 0 aliphatic heterocycles. The van der Waals surface area contributed by atoms with Gasteiger partial charge in [0, 0.05) is 25.0 Å². The fourth-order valence-electron chi connectivity index (χ4n) is 6.30. The van der Waals surface area contributed by atoms with Gasteiger partial charge in [-0.25, -0.2) is 4.79 Å². The molecule has 2 N–H and O–H groups in total. The van der Waals surface area contributed by atoms with Gasteiger partial charge in [-0.05, 0) is 12.8 Å². The van der Waals surface area contributed by atoms with Crippen molar-refractivity contribution in [1.82, 2.24) is 4.73 Å². The molecule has 0 radical (unpaired) electrons. The number of hydrogen-bond donors (Lipinski definition) is 2. The van der Waals surface area contributed by atoms with E-state index in [0.717, 1.165) is 50.7 Å². The number of hydrogen-bond acceptors (Lipinski definition) is 10. The summed E-state index contributed by atoms with van der Waals surface area (Å²) < 4.78 is 16.8. The van der Waals surface area contributed by atoms with E-state index in [4.69, 9.17) is 19.0 Å². The van der Waals surface area contributed by atoms with Gasteiger partial charge in [0.15, 0.2) is 6.10 Å². The van der Waals surface area contributed by atoms with E-state index in [1.54, 1.807) is 0 Å². The lowest BCUT2D eigenvalue weighted by Crippen LogP contribution is -2.31. The largest absolute Gasteiger partial charge is 0.492 e. The average molecular weight is 766 g/mol. The van der Waals surface area contributed by atoms with E-state index < -0.39 is 35.8 Å². The molecule has 0 saturated carbocycles. The van der Waals surface area contributed by atoms with Gasteiger partial charge in [-0.15, -0.1) is 4.73 Å². The second-order valence-electron chi connectivity index (χ2n) is 14.8. The number of nitrogens with zero attached hydrogens (tertiary/aromatic N) is 1. The summed E-state index contributed by atoms with van der Waals surface area (Å²) in [5.41, 5.74) is 0. The first-order valence-corrected chi connectivity index (χ1v) is 21.6. The highest BCUT2D eigenvalue weighted by Gasteiger charge is 2.21. The summed E-state index contributed by atoms with van der Waals surface area (Å²) in [5, 5.41) is 19.2. The van der Waals surface area contributed by atoms with Gasteiger partial charge in [0.2, 0.25) is 11.8 Å². The lowest BCUT2D eigenvalue weighted by Gasteiger charge is -2.18. The Labute approximate surface area is 326 Å². The first-order chi connectivity index (χ1) is 26.3. The van der Waals surface area contributed by atoms with Crippen LogP contribution < -0.4 is 4.84 Å². The molecule has 0 saturated heterocycles. The third kappa shape index (κ3) is 28.2. The predicted octanol–water partition coefficient (Wildman–Crippen LogP) is 10.6. The Hall–Kier alpha value is -3.24.